The number of carbonyl (C=O) groups excluding carboxylic acids is 1. The van der Waals surface area contributed by atoms with Crippen molar-refractivity contribution in [3.8, 4) is 0 Å². The molecule has 1 aromatic heterocycles. The van der Waals surface area contributed by atoms with Crippen LogP contribution in [0.5, 0.6) is 0 Å². The van der Waals surface area contributed by atoms with Gasteiger partial charge in [-0.05, 0) is 27.2 Å². The van der Waals surface area contributed by atoms with Gasteiger partial charge in [-0.2, -0.15) is 4.98 Å². The van der Waals surface area contributed by atoms with Crippen molar-refractivity contribution in [1.82, 2.24) is 14.9 Å². The van der Waals surface area contributed by atoms with Gasteiger partial charge in [-0.3, -0.25) is 4.90 Å². The summed E-state index contributed by atoms with van der Waals surface area (Å²) in [5.41, 5.74) is 0.638. The van der Waals surface area contributed by atoms with Gasteiger partial charge in [0, 0.05) is 39.9 Å². The van der Waals surface area contributed by atoms with Gasteiger partial charge in [-0.25, -0.2) is 14.8 Å². The summed E-state index contributed by atoms with van der Waals surface area (Å²) in [5, 5.41) is 0. The fourth-order valence-corrected chi connectivity index (χ4v) is 2.23. The Morgan fingerprint density at radius 3 is 2.33 bits per heavy atom. The molecule has 1 aromatic rings. The minimum Gasteiger partial charge on any atom is -0.341 e. The summed E-state index contributed by atoms with van der Waals surface area (Å²) in [5.74, 6) is 1.18. The van der Waals surface area contributed by atoms with E-state index >= 15 is 0 Å². The van der Waals surface area contributed by atoms with Crippen LogP contribution in [-0.4, -0.2) is 60.8 Å². The monoisotopic (exact) mass is 334 g/mol. The molecule has 0 aliphatic carbocycles. The van der Waals surface area contributed by atoms with Crippen molar-refractivity contribution < 1.29 is 4.79 Å². The van der Waals surface area contributed by atoms with Gasteiger partial charge in [-0.1, -0.05) is 13.3 Å². The number of unbranched alkanes of at least 4 members (excludes halogenated alkanes) is 1. The van der Waals surface area contributed by atoms with Crippen LogP contribution in [0.3, 0.4) is 0 Å². The second-order valence-corrected chi connectivity index (χ2v) is 5.57. The lowest BCUT2D eigenvalue weighted by Crippen LogP contribution is -2.39. The lowest BCUT2D eigenvalue weighted by Gasteiger charge is -2.26. The van der Waals surface area contributed by atoms with Gasteiger partial charge in [0.2, 0.25) is 5.95 Å². The van der Waals surface area contributed by atoms with Crippen LogP contribution < -0.4 is 9.80 Å². The first-order chi connectivity index (χ1) is 11.5. The fraction of sp³-hybridized carbons (Fsp3) is 0.647. The molecule has 0 fully saturated rings. The van der Waals surface area contributed by atoms with Crippen LogP contribution in [0.25, 0.3) is 0 Å². The fourth-order valence-electron chi connectivity index (χ4n) is 2.23. The Morgan fingerprint density at radius 2 is 1.83 bits per heavy atom. The van der Waals surface area contributed by atoms with Crippen LogP contribution in [0.4, 0.5) is 22.2 Å². The van der Waals surface area contributed by atoms with E-state index in [0.717, 1.165) is 25.9 Å². The van der Waals surface area contributed by atoms with Crippen LogP contribution in [0, 0.1) is 0 Å². The van der Waals surface area contributed by atoms with E-state index in [1.165, 1.54) is 0 Å². The molecule has 24 heavy (non-hydrogen) atoms. The third-order valence-electron chi connectivity index (χ3n) is 3.64. The molecule has 0 saturated carbocycles. The molecule has 0 aliphatic rings. The first-order valence-electron chi connectivity index (χ1n) is 8.63. The molecule has 0 N–H and O–H groups in total. The Bertz CT molecular complexity index is 554. The van der Waals surface area contributed by atoms with E-state index in [-0.39, 0.29) is 6.03 Å². The maximum atomic E-state index is 12.4. The molecule has 1 rings (SSSR count). The van der Waals surface area contributed by atoms with Crippen LogP contribution in [-0.2, 0) is 0 Å². The Balaban J connectivity index is 3.33. The van der Waals surface area contributed by atoms with E-state index in [1.54, 1.807) is 30.1 Å². The van der Waals surface area contributed by atoms with Gasteiger partial charge in [0.25, 0.3) is 0 Å². The SMILES string of the molecule is CCCC=Nc1nc(N(CC)CC)ncc1N(CC)C(=O)N(C)C. The molecule has 7 nitrogen and oxygen atoms in total. The maximum absolute atomic E-state index is 12.4. The summed E-state index contributed by atoms with van der Waals surface area (Å²) in [4.78, 5) is 31.2. The van der Waals surface area contributed by atoms with Crippen molar-refractivity contribution in [3.63, 3.8) is 0 Å². The quantitative estimate of drug-likeness (QED) is 0.684. The Kier molecular flexibility index (Phi) is 8.15. The molecule has 0 saturated heterocycles. The van der Waals surface area contributed by atoms with E-state index in [0.29, 0.717) is 24.0 Å². The van der Waals surface area contributed by atoms with Gasteiger partial charge < -0.3 is 9.80 Å². The number of rotatable bonds is 8. The molecule has 7 heteroatoms. The first-order valence-corrected chi connectivity index (χ1v) is 8.63. The number of carbonyl (C=O) groups is 1. The summed E-state index contributed by atoms with van der Waals surface area (Å²) >= 11 is 0. The molecule has 0 atom stereocenters. The standard InChI is InChI=1S/C17H30N6O/c1-7-11-12-18-15-14(23(10-4)17(24)21(5)6)13-19-16(20-15)22(8-2)9-3/h12-13H,7-11H2,1-6H3. The van der Waals surface area contributed by atoms with Crippen molar-refractivity contribution in [2.75, 3.05) is 43.5 Å². The normalized spacial score (nSPS) is 10.9. The highest BCUT2D eigenvalue weighted by Gasteiger charge is 2.21. The number of nitrogens with zero attached hydrogens (tertiary/aromatic N) is 6. The highest BCUT2D eigenvalue weighted by Crippen LogP contribution is 2.28. The Hall–Kier alpha value is -2.18. The molecule has 0 radical (unpaired) electrons. The molecular weight excluding hydrogens is 304 g/mol. The molecular formula is C17H30N6O. The van der Waals surface area contributed by atoms with Gasteiger partial charge in [-0.15, -0.1) is 0 Å². The second-order valence-electron chi connectivity index (χ2n) is 5.57. The van der Waals surface area contributed by atoms with Crippen LogP contribution in [0.2, 0.25) is 0 Å². The number of urea groups is 1. The van der Waals surface area contributed by atoms with Crippen LogP contribution in [0.1, 0.15) is 40.5 Å². The van der Waals surface area contributed by atoms with Crippen molar-refractivity contribution in [2.24, 2.45) is 4.99 Å². The van der Waals surface area contributed by atoms with Crippen LogP contribution in [0.15, 0.2) is 11.2 Å². The molecule has 0 unspecified atom stereocenters. The summed E-state index contributed by atoms with van der Waals surface area (Å²) in [6.45, 7) is 10.3. The van der Waals surface area contributed by atoms with Crippen molar-refractivity contribution in [1.29, 1.82) is 0 Å². The molecule has 0 spiro atoms. The van der Waals surface area contributed by atoms with E-state index in [2.05, 4.69) is 40.6 Å². The molecule has 0 bridgehead atoms. The number of hydrogen-bond donors (Lipinski definition) is 0. The molecule has 1 heterocycles. The third kappa shape index (κ3) is 4.91. The Labute approximate surface area is 145 Å². The van der Waals surface area contributed by atoms with Gasteiger partial charge in [0.05, 0.1) is 6.20 Å². The number of hydrogen-bond acceptors (Lipinski definition) is 5. The summed E-state index contributed by atoms with van der Waals surface area (Å²) in [7, 11) is 3.46. The number of amides is 2. The maximum Gasteiger partial charge on any atom is 0.324 e. The minimum absolute atomic E-state index is 0.108. The first kappa shape index (κ1) is 19.9. The topological polar surface area (TPSA) is 64.9 Å². The van der Waals surface area contributed by atoms with Gasteiger partial charge in [0.15, 0.2) is 5.82 Å². The van der Waals surface area contributed by atoms with Crippen molar-refractivity contribution >= 4 is 29.7 Å². The van der Waals surface area contributed by atoms with E-state index in [1.807, 2.05) is 13.1 Å². The van der Waals surface area contributed by atoms with Gasteiger partial charge in [0.1, 0.15) is 5.69 Å². The lowest BCUT2D eigenvalue weighted by molar-refractivity contribution is 0.224. The zero-order chi connectivity index (χ0) is 18.1. The van der Waals surface area contributed by atoms with Gasteiger partial charge >= 0.3 is 6.03 Å². The molecule has 134 valence electrons. The number of aliphatic imine (C=N–C) groups is 1. The van der Waals surface area contributed by atoms with Crippen molar-refractivity contribution in [2.45, 2.75) is 40.5 Å². The summed E-state index contributed by atoms with van der Waals surface area (Å²) in [6.07, 6.45) is 5.44. The van der Waals surface area contributed by atoms with E-state index < -0.39 is 0 Å². The van der Waals surface area contributed by atoms with E-state index in [9.17, 15) is 4.79 Å². The van der Waals surface area contributed by atoms with Crippen LogP contribution >= 0.6 is 0 Å². The zero-order valence-corrected chi connectivity index (χ0v) is 15.8. The highest BCUT2D eigenvalue weighted by molar-refractivity contribution is 5.94. The zero-order valence-electron chi connectivity index (χ0n) is 15.8. The number of aromatic nitrogens is 2. The van der Waals surface area contributed by atoms with Crippen molar-refractivity contribution in [3.05, 3.63) is 6.20 Å². The minimum atomic E-state index is -0.108. The predicted molar refractivity (Wildman–Crippen MR) is 101 cm³/mol. The average molecular weight is 334 g/mol. The Morgan fingerprint density at radius 1 is 1.17 bits per heavy atom. The largest absolute Gasteiger partial charge is 0.341 e. The second kappa shape index (κ2) is 9.85. The summed E-state index contributed by atoms with van der Waals surface area (Å²) in [6, 6.07) is -0.108. The average Bonchev–Trinajstić information content (AvgIpc) is 2.58. The van der Waals surface area contributed by atoms with E-state index in [4.69, 9.17) is 0 Å². The molecule has 2 amide bonds. The third-order valence-corrected chi connectivity index (χ3v) is 3.64. The molecule has 0 aliphatic heterocycles. The molecule has 0 aromatic carbocycles. The lowest BCUT2D eigenvalue weighted by atomic mass is 10.3. The highest BCUT2D eigenvalue weighted by atomic mass is 16.2. The number of anilines is 2. The summed E-state index contributed by atoms with van der Waals surface area (Å²) < 4.78 is 0. The smallest absolute Gasteiger partial charge is 0.324 e. The predicted octanol–water partition coefficient (Wildman–Crippen LogP) is 3.33.